The molecule has 4 N–H and O–H groups in total. The molecule has 2 aliphatic heterocycles. The van der Waals surface area contributed by atoms with Gasteiger partial charge in [0.1, 0.15) is 0 Å². The molecule has 6 nitrogen and oxygen atoms in total. The Hall–Kier alpha value is -2.12. The van der Waals surface area contributed by atoms with Gasteiger partial charge in [-0.3, -0.25) is 0 Å². The predicted molar refractivity (Wildman–Crippen MR) is 116 cm³/mol. The summed E-state index contributed by atoms with van der Waals surface area (Å²) < 4.78 is 0. The van der Waals surface area contributed by atoms with Crippen LogP contribution in [-0.2, 0) is 12.8 Å². The lowest BCUT2D eigenvalue weighted by Crippen LogP contribution is -2.51. The molecule has 0 saturated heterocycles. The third kappa shape index (κ3) is 3.10. The molecule has 0 spiro atoms. The fourth-order valence-electron chi connectivity index (χ4n) is 5.59. The number of anilines is 2. The molecule has 0 unspecified atom stereocenters. The first-order chi connectivity index (χ1) is 14.6. The van der Waals surface area contributed by atoms with Crippen LogP contribution < -0.4 is 9.80 Å². The largest absolute Gasteiger partial charge is 0.395 e. The zero-order valence-corrected chi connectivity index (χ0v) is 17.1. The highest BCUT2D eigenvalue weighted by Crippen LogP contribution is 2.49. The van der Waals surface area contributed by atoms with Crippen molar-refractivity contribution in [3.63, 3.8) is 0 Å². The molecule has 0 amide bonds. The highest BCUT2D eigenvalue weighted by Gasteiger charge is 2.50. The zero-order chi connectivity index (χ0) is 20.8. The van der Waals surface area contributed by atoms with E-state index in [1.54, 1.807) is 0 Å². The van der Waals surface area contributed by atoms with Crippen molar-refractivity contribution in [3.8, 4) is 0 Å². The summed E-state index contributed by atoms with van der Waals surface area (Å²) in [6.07, 6.45) is 0.642. The minimum absolute atomic E-state index is 0.140. The molecule has 3 aliphatic rings. The minimum Gasteiger partial charge on any atom is -0.395 e. The number of aliphatic hydroxyl groups is 4. The Labute approximate surface area is 177 Å². The van der Waals surface area contributed by atoms with Crippen molar-refractivity contribution in [2.45, 2.75) is 36.9 Å². The number of aliphatic hydroxyl groups excluding tert-OH is 4. The van der Waals surface area contributed by atoms with E-state index >= 15 is 0 Å². The van der Waals surface area contributed by atoms with Crippen molar-refractivity contribution in [2.75, 3.05) is 49.2 Å². The first kappa shape index (κ1) is 19.8. The van der Waals surface area contributed by atoms with Gasteiger partial charge in [0, 0.05) is 49.4 Å². The molecule has 6 heteroatoms. The van der Waals surface area contributed by atoms with Gasteiger partial charge in [-0.25, -0.2) is 0 Å². The van der Waals surface area contributed by atoms with E-state index in [0.29, 0.717) is 13.1 Å². The summed E-state index contributed by atoms with van der Waals surface area (Å²) in [5.41, 5.74) is 6.74. The van der Waals surface area contributed by atoms with Crippen LogP contribution in [0.3, 0.4) is 0 Å². The average Bonchev–Trinajstić information content (AvgIpc) is 3.33. The lowest BCUT2D eigenvalue weighted by Gasteiger charge is -2.47. The van der Waals surface area contributed by atoms with E-state index in [2.05, 4.69) is 34.1 Å². The second-order valence-corrected chi connectivity index (χ2v) is 8.73. The quantitative estimate of drug-likeness (QED) is 0.568. The molecule has 160 valence electrons. The van der Waals surface area contributed by atoms with Gasteiger partial charge in [0.05, 0.1) is 25.4 Å². The van der Waals surface area contributed by atoms with Gasteiger partial charge in [-0.05, 0) is 47.2 Å². The Bertz CT molecular complexity index is 850. The summed E-state index contributed by atoms with van der Waals surface area (Å²) in [6.45, 7) is 3.36. The number of fused-ring (bicyclic) bond motifs is 2. The standard InChI is InChI=1S/C24H30N2O4/c27-11-9-25-7-5-15-13-17(1-3-19(15)25)21-23(29)22(24(21)30)18-2-4-20-16(14-18)6-8-26(20)10-12-28/h1-4,13-14,21-24,27-30H,5-12H2. The smallest absolute Gasteiger partial charge is 0.0727 e. The summed E-state index contributed by atoms with van der Waals surface area (Å²) in [4.78, 5) is 4.36. The lowest BCUT2D eigenvalue weighted by atomic mass is 9.63. The number of hydrogen-bond donors (Lipinski definition) is 4. The predicted octanol–water partition coefficient (Wildman–Crippen LogP) is 0.999. The fraction of sp³-hybridized carbons (Fsp3) is 0.500. The normalized spacial score (nSPS) is 27.2. The fourth-order valence-corrected chi connectivity index (χ4v) is 5.59. The molecule has 0 radical (unpaired) electrons. The molecule has 30 heavy (non-hydrogen) atoms. The van der Waals surface area contributed by atoms with E-state index in [1.807, 2.05) is 12.1 Å². The van der Waals surface area contributed by atoms with Crippen molar-refractivity contribution in [1.29, 1.82) is 0 Å². The summed E-state index contributed by atoms with van der Waals surface area (Å²) in [5.74, 6) is -0.544. The monoisotopic (exact) mass is 410 g/mol. The third-order valence-corrected chi connectivity index (χ3v) is 7.17. The molecule has 2 aromatic carbocycles. The Morgan fingerprint density at radius 3 is 1.53 bits per heavy atom. The molecular formula is C24H30N2O4. The van der Waals surface area contributed by atoms with Gasteiger partial charge in [-0.2, -0.15) is 0 Å². The maximum absolute atomic E-state index is 11.0. The van der Waals surface area contributed by atoms with Gasteiger partial charge >= 0.3 is 0 Å². The molecule has 1 fully saturated rings. The number of hydrogen-bond acceptors (Lipinski definition) is 6. The van der Waals surface area contributed by atoms with Crippen LogP contribution in [-0.4, -0.2) is 72.0 Å². The SMILES string of the molecule is OCCN1CCc2cc(C3C(O)C(c4ccc5c(c4)CCN5CCO)C3O)ccc21. The highest BCUT2D eigenvalue weighted by molar-refractivity contribution is 5.61. The molecule has 2 heterocycles. The van der Waals surface area contributed by atoms with E-state index in [1.165, 1.54) is 11.1 Å². The van der Waals surface area contributed by atoms with Crippen LogP contribution in [0.2, 0.25) is 0 Å². The second kappa shape index (κ2) is 7.85. The van der Waals surface area contributed by atoms with Crippen LogP contribution in [0.4, 0.5) is 11.4 Å². The lowest BCUT2D eigenvalue weighted by molar-refractivity contribution is -0.0785. The van der Waals surface area contributed by atoms with E-state index in [-0.39, 0.29) is 25.0 Å². The van der Waals surface area contributed by atoms with Gasteiger partial charge in [0.25, 0.3) is 0 Å². The topological polar surface area (TPSA) is 87.4 Å². The van der Waals surface area contributed by atoms with Gasteiger partial charge in [0.15, 0.2) is 0 Å². The highest BCUT2D eigenvalue weighted by atomic mass is 16.3. The molecule has 0 aromatic heterocycles. The number of benzene rings is 2. The van der Waals surface area contributed by atoms with Crippen molar-refractivity contribution in [1.82, 2.24) is 0 Å². The molecule has 2 aromatic rings. The van der Waals surface area contributed by atoms with Crippen LogP contribution in [0.25, 0.3) is 0 Å². The van der Waals surface area contributed by atoms with Crippen LogP contribution >= 0.6 is 0 Å². The van der Waals surface area contributed by atoms with Crippen molar-refractivity contribution in [3.05, 3.63) is 58.7 Å². The van der Waals surface area contributed by atoms with Gasteiger partial charge in [-0.1, -0.05) is 24.3 Å². The van der Waals surface area contributed by atoms with E-state index in [0.717, 1.165) is 48.4 Å². The number of rotatable bonds is 6. The Balaban J connectivity index is 1.34. The molecule has 0 bridgehead atoms. The molecule has 1 aliphatic carbocycles. The Morgan fingerprint density at radius 1 is 0.700 bits per heavy atom. The van der Waals surface area contributed by atoms with Crippen LogP contribution in [0.15, 0.2) is 36.4 Å². The van der Waals surface area contributed by atoms with Crippen LogP contribution in [0.5, 0.6) is 0 Å². The molecular weight excluding hydrogens is 380 g/mol. The Kier molecular flexibility index (Phi) is 5.19. The first-order valence-electron chi connectivity index (χ1n) is 11.0. The summed E-state index contributed by atoms with van der Waals surface area (Å²) in [7, 11) is 0. The van der Waals surface area contributed by atoms with Crippen LogP contribution in [0.1, 0.15) is 34.1 Å². The summed E-state index contributed by atoms with van der Waals surface area (Å²) in [5, 5.41) is 40.4. The Morgan fingerprint density at radius 2 is 1.13 bits per heavy atom. The molecule has 5 rings (SSSR count). The third-order valence-electron chi connectivity index (χ3n) is 7.17. The van der Waals surface area contributed by atoms with Crippen LogP contribution in [0, 0.1) is 0 Å². The maximum atomic E-state index is 11.0. The average molecular weight is 411 g/mol. The minimum atomic E-state index is -0.610. The van der Waals surface area contributed by atoms with Gasteiger partial charge in [0.2, 0.25) is 0 Å². The van der Waals surface area contributed by atoms with E-state index in [9.17, 15) is 20.4 Å². The van der Waals surface area contributed by atoms with Gasteiger partial charge in [-0.15, -0.1) is 0 Å². The van der Waals surface area contributed by atoms with E-state index < -0.39 is 12.2 Å². The molecule has 1 saturated carbocycles. The maximum Gasteiger partial charge on any atom is 0.0727 e. The second-order valence-electron chi connectivity index (χ2n) is 8.73. The summed E-state index contributed by atoms with van der Waals surface area (Å²) in [6, 6.07) is 12.4. The first-order valence-corrected chi connectivity index (χ1v) is 11.0. The zero-order valence-electron chi connectivity index (χ0n) is 17.1. The summed E-state index contributed by atoms with van der Waals surface area (Å²) >= 11 is 0. The number of nitrogens with zero attached hydrogens (tertiary/aromatic N) is 2. The van der Waals surface area contributed by atoms with Crippen molar-refractivity contribution >= 4 is 11.4 Å². The number of β-amino-alcohol motifs (C(OH)–C–C–N with tert-alkyl or cyclic N) is 2. The van der Waals surface area contributed by atoms with E-state index in [4.69, 9.17) is 0 Å². The van der Waals surface area contributed by atoms with Crippen molar-refractivity contribution in [2.24, 2.45) is 0 Å². The van der Waals surface area contributed by atoms with Gasteiger partial charge < -0.3 is 30.2 Å². The van der Waals surface area contributed by atoms with Crippen molar-refractivity contribution < 1.29 is 20.4 Å². The molecule has 0 atom stereocenters.